The molecule has 2 heterocycles. The summed E-state index contributed by atoms with van der Waals surface area (Å²) in [7, 11) is 0. The normalized spacial score (nSPS) is 16.4. The van der Waals surface area contributed by atoms with Crippen molar-refractivity contribution in [2.75, 3.05) is 6.54 Å². The maximum absolute atomic E-state index is 12.9. The van der Waals surface area contributed by atoms with E-state index in [2.05, 4.69) is 20.5 Å². The summed E-state index contributed by atoms with van der Waals surface area (Å²) < 4.78 is 40.5. The van der Waals surface area contributed by atoms with Crippen LogP contribution in [-0.2, 0) is 19.3 Å². The van der Waals surface area contributed by atoms with E-state index in [1.807, 2.05) is 27.8 Å². The number of nitrogens with one attached hydrogen (secondary N) is 1. The van der Waals surface area contributed by atoms with Crippen molar-refractivity contribution in [1.82, 2.24) is 25.0 Å². The number of hydrogen-bond donors (Lipinski definition) is 2. The number of hydrogen-bond acceptors (Lipinski definition) is 5. The number of guanidine groups is 1. The molecule has 2 aromatic carbocycles. The molecule has 182 valence electrons. The number of halogens is 4. The number of aliphatic hydroxyl groups excluding tert-OH is 1. The zero-order valence-electron chi connectivity index (χ0n) is 18.4. The smallest absolute Gasteiger partial charge is 0.388 e. The van der Waals surface area contributed by atoms with Gasteiger partial charge in [-0.1, -0.05) is 23.7 Å². The standard InChI is InChI=1S/C23H21ClF3N7O/c24-17-7-3-15(4-8-17)12-34-20(13-35)31-32-21(34)19-2-1-11-33(19)22(29-14-28)30-18-9-5-16(6-10-18)23(25,26)27/h3-10,19,35H,1-2,11-13H2,(H,29,30)/t19-/m1/s1. The molecular formula is C23H21ClF3N7O. The fourth-order valence-corrected chi connectivity index (χ4v) is 4.13. The second-order valence-electron chi connectivity index (χ2n) is 7.91. The number of likely N-dealkylation sites (tertiary alicyclic amines) is 1. The molecule has 1 aromatic heterocycles. The topological polar surface area (TPSA) is 102 Å². The molecule has 35 heavy (non-hydrogen) atoms. The fourth-order valence-electron chi connectivity index (χ4n) is 4.01. The minimum Gasteiger partial charge on any atom is -0.388 e. The van der Waals surface area contributed by atoms with E-state index in [0.717, 1.165) is 24.1 Å². The Hall–Kier alpha value is -3.62. The SMILES string of the molecule is N#CNC(=Nc1ccc(C(F)(F)F)cc1)N1CCC[C@@H]1c1nnc(CO)n1Cc1ccc(Cl)cc1. The van der Waals surface area contributed by atoms with Crippen molar-refractivity contribution in [3.05, 3.63) is 76.3 Å². The van der Waals surface area contributed by atoms with Crippen LogP contribution in [0.5, 0.6) is 0 Å². The summed E-state index contributed by atoms with van der Waals surface area (Å²) in [5.41, 5.74) is 0.417. The van der Waals surface area contributed by atoms with Gasteiger partial charge in [0.2, 0.25) is 5.96 Å². The Kier molecular flexibility index (Phi) is 7.23. The molecule has 2 N–H and O–H groups in total. The molecule has 3 aromatic rings. The number of nitriles is 1. The lowest BCUT2D eigenvalue weighted by Crippen LogP contribution is -2.39. The molecule has 8 nitrogen and oxygen atoms in total. The molecule has 4 rings (SSSR count). The Morgan fingerprint density at radius 3 is 2.51 bits per heavy atom. The van der Waals surface area contributed by atoms with E-state index in [-0.39, 0.29) is 24.3 Å². The molecule has 0 radical (unpaired) electrons. The first-order valence-electron chi connectivity index (χ1n) is 10.7. The number of benzene rings is 2. The average molecular weight is 504 g/mol. The molecule has 0 bridgehead atoms. The van der Waals surface area contributed by atoms with E-state index >= 15 is 0 Å². The van der Waals surface area contributed by atoms with Crippen LogP contribution in [0.3, 0.4) is 0 Å². The van der Waals surface area contributed by atoms with Crippen LogP contribution in [-0.4, -0.2) is 37.3 Å². The van der Waals surface area contributed by atoms with Crippen LogP contribution < -0.4 is 5.32 Å². The average Bonchev–Trinajstić information content (AvgIpc) is 3.46. The van der Waals surface area contributed by atoms with Gasteiger partial charge in [-0.3, -0.25) is 5.32 Å². The quantitative estimate of drug-likeness (QED) is 0.232. The number of aromatic nitrogens is 3. The Balaban J connectivity index is 1.66. The second kappa shape index (κ2) is 10.3. The summed E-state index contributed by atoms with van der Waals surface area (Å²) in [6.45, 7) is 0.633. The molecule has 12 heteroatoms. The first-order chi connectivity index (χ1) is 16.8. The lowest BCUT2D eigenvalue weighted by atomic mass is 10.2. The molecule has 1 atom stereocenters. The van der Waals surface area contributed by atoms with Gasteiger partial charge in [0.1, 0.15) is 6.61 Å². The molecule has 0 spiro atoms. The molecule has 1 saturated heterocycles. The van der Waals surface area contributed by atoms with Gasteiger partial charge >= 0.3 is 6.18 Å². The van der Waals surface area contributed by atoms with E-state index in [9.17, 15) is 23.5 Å². The number of aliphatic hydroxyl groups is 1. The molecular weight excluding hydrogens is 483 g/mol. The van der Waals surface area contributed by atoms with Gasteiger partial charge < -0.3 is 14.6 Å². The Morgan fingerprint density at radius 2 is 1.89 bits per heavy atom. The van der Waals surface area contributed by atoms with Gasteiger partial charge in [0.05, 0.1) is 23.8 Å². The van der Waals surface area contributed by atoms with Crippen molar-refractivity contribution in [2.24, 2.45) is 4.99 Å². The molecule has 0 unspecified atom stereocenters. The van der Waals surface area contributed by atoms with Gasteiger partial charge in [-0.25, -0.2) is 4.99 Å². The maximum atomic E-state index is 12.9. The molecule has 1 aliphatic heterocycles. The van der Waals surface area contributed by atoms with Gasteiger partial charge in [-0.15, -0.1) is 10.2 Å². The third-order valence-corrected chi connectivity index (χ3v) is 5.92. The van der Waals surface area contributed by atoms with E-state index in [0.29, 0.717) is 36.2 Å². The van der Waals surface area contributed by atoms with Crippen LogP contribution in [0.15, 0.2) is 53.5 Å². The molecule has 0 aliphatic carbocycles. The highest BCUT2D eigenvalue weighted by molar-refractivity contribution is 6.30. The Labute approximate surface area is 204 Å². The molecule has 1 aliphatic rings. The number of rotatable bonds is 5. The van der Waals surface area contributed by atoms with Gasteiger partial charge in [0.15, 0.2) is 17.8 Å². The monoisotopic (exact) mass is 503 g/mol. The second-order valence-corrected chi connectivity index (χ2v) is 8.35. The van der Waals surface area contributed by atoms with Gasteiger partial charge in [0.25, 0.3) is 0 Å². The van der Waals surface area contributed by atoms with Crippen LogP contribution >= 0.6 is 11.6 Å². The summed E-state index contributed by atoms with van der Waals surface area (Å²) in [6, 6.07) is 11.4. The Morgan fingerprint density at radius 1 is 1.17 bits per heavy atom. The van der Waals surface area contributed by atoms with E-state index < -0.39 is 11.7 Å². The highest BCUT2D eigenvalue weighted by Gasteiger charge is 2.34. The van der Waals surface area contributed by atoms with Crippen molar-refractivity contribution in [3.63, 3.8) is 0 Å². The highest BCUT2D eigenvalue weighted by Crippen LogP contribution is 2.33. The number of aliphatic imine (C=N–C) groups is 1. The molecule has 0 amide bonds. The highest BCUT2D eigenvalue weighted by atomic mass is 35.5. The van der Waals surface area contributed by atoms with Gasteiger partial charge in [-0.2, -0.15) is 18.4 Å². The van der Waals surface area contributed by atoms with Crippen LogP contribution in [0.4, 0.5) is 18.9 Å². The fraction of sp³-hybridized carbons (Fsp3) is 0.304. The predicted octanol–water partition coefficient (Wildman–Crippen LogP) is 4.39. The number of nitrogens with zero attached hydrogens (tertiary/aromatic N) is 6. The van der Waals surface area contributed by atoms with Crippen LogP contribution in [0.25, 0.3) is 0 Å². The van der Waals surface area contributed by atoms with Crippen molar-refractivity contribution >= 4 is 23.2 Å². The lowest BCUT2D eigenvalue weighted by Gasteiger charge is -2.26. The lowest BCUT2D eigenvalue weighted by molar-refractivity contribution is -0.137. The van der Waals surface area contributed by atoms with Crippen LogP contribution in [0, 0.1) is 11.5 Å². The minimum atomic E-state index is -4.45. The van der Waals surface area contributed by atoms with Crippen LogP contribution in [0.1, 0.15) is 41.7 Å². The summed E-state index contributed by atoms with van der Waals surface area (Å²) in [4.78, 5) is 6.24. The minimum absolute atomic E-state index is 0.196. The first kappa shape index (κ1) is 24.5. The van der Waals surface area contributed by atoms with Crippen molar-refractivity contribution in [3.8, 4) is 6.19 Å². The van der Waals surface area contributed by atoms with Crippen molar-refractivity contribution in [1.29, 1.82) is 5.26 Å². The zero-order valence-corrected chi connectivity index (χ0v) is 19.1. The third kappa shape index (κ3) is 5.55. The van der Waals surface area contributed by atoms with Crippen LogP contribution in [0.2, 0.25) is 5.02 Å². The summed E-state index contributed by atoms with van der Waals surface area (Å²) in [5, 5.41) is 30.7. The summed E-state index contributed by atoms with van der Waals surface area (Å²) >= 11 is 5.99. The zero-order chi connectivity index (χ0) is 25.0. The number of alkyl halides is 3. The van der Waals surface area contributed by atoms with Crippen molar-refractivity contribution < 1.29 is 18.3 Å². The summed E-state index contributed by atoms with van der Waals surface area (Å²) in [5.74, 6) is 1.17. The third-order valence-electron chi connectivity index (χ3n) is 5.67. The van der Waals surface area contributed by atoms with E-state index in [4.69, 9.17) is 11.6 Å². The Bertz CT molecular complexity index is 1230. The van der Waals surface area contributed by atoms with Crippen molar-refractivity contribution in [2.45, 2.75) is 38.2 Å². The molecule has 0 saturated carbocycles. The van der Waals surface area contributed by atoms with Gasteiger partial charge in [-0.05, 0) is 54.8 Å². The maximum Gasteiger partial charge on any atom is 0.416 e. The van der Waals surface area contributed by atoms with E-state index in [1.165, 1.54) is 12.1 Å². The first-order valence-corrected chi connectivity index (χ1v) is 11.1. The van der Waals surface area contributed by atoms with E-state index in [1.54, 1.807) is 12.1 Å². The predicted molar refractivity (Wildman–Crippen MR) is 122 cm³/mol. The largest absolute Gasteiger partial charge is 0.416 e. The van der Waals surface area contributed by atoms with Gasteiger partial charge in [0, 0.05) is 11.6 Å². The summed E-state index contributed by atoms with van der Waals surface area (Å²) in [6.07, 6.45) is -1.15. The molecule has 1 fully saturated rings.